The molecule has 0 aliphatic carbocycles. The largest absolute Gasteiger partial charge is 0.346 e. The number of anilines is 2. The van der Waals surface area contributed by atoms with Crippen molar-refractivity contribution in [3.05, 3.63) is 60.3 Å². The number of hydrogen-bond donors (Lipinski definition) is 2. The van der Waals surface area contributed by atoms with Crippen molar-refractivity contribution in [2.45, 2.75) is 20.4 Å². The summed E-state index contributed by atoms with van der Waals surface area (Å²) in [5.74, 6) is 0. The number of hydrogen-bond acceptors (Lipinski definition) is 1. The van der Waals surface area contributed by atoms with E-state index in [1.54, 1.807) is 0 Å². The van der Waals surface area contributed by atoms with Crippen molar-refractivity contribution in [2.24, 2.45) is 0 Å². The van der Waals surface area contributed by atoms with Crippen LogP contribution in [0.25, 0.3) is 10.9 Å². The number of nitrogens with one attached hydrogen (secondary N) is 2. The van der Waals surface area contributed by atoms with Gasteiger partial charge in [-0.2, -0.15) is 0 Å². The van der Waals surface area contributed by atoms with Gasteiger partial charge in [0, 0.05) is 23.8 Å². The average molecular weight is 293 g/mol. The Labute approximate surface area is 129 Å². The maximum atomic E-state index is 12.2. The minimum atomic E-state index is -0.228. The lowest BCUT2D eigenvalue weighted by molar-refractivity contribution is 0.262. The standard InChI is InChI=1S/C18H19N3O/c1-3-21-12-16(14-9-5-7-11-17(14)21)20-18(22)19-15-10-6-4-8-13(15)2/h4-12H,3H2,1-2H3,(H2,19,20,22). The van der Waals surface area contributed by atoms with Crippen molar-refractivity contribution in [3.8, 4) is 0 Å². The van der Waals surface area contributed by atoms with Gasteiger partial charge >= 0.3 is 6.03 Å². The summed E-state index contributed by atoms with van der Waals surface area (Å²) in [4.78, 5) is 12.2. The van der Waals surface area contributed by atoms with Crippen molar-refractivity contribution < 1.29 is 4.79 Å². The Morgan fingerprint density at radius 3 is 2.45 bits per heavy atom. The zero-order valence-electron chi connectivity index (χ0n) is 12.8. The summed E-state index contributed by atoms with van der Waals surface area (Å²) in [6, 6.07) is 15.6. The monoisotopic (exact) mass is 293 g/mol. The summed E-state index contributed by atoms with van der Waals surface area (Å²) in [6.07, 6.45) is 1.97. The van der Waals surface area contributed by atoms with Gasteiger partial charge in [0.05, 0.1) is 11.2 Å². The summed E-state index contributed by atoms with van der Waals surface area (Å²) in [5.41, 5.74) is 3.80. The van der Waals surface area contributed by atoms with Crippen LogP contribution < -0.4 is 10.6 Å². The molecule has 0 bridgehead atoms. The van der Waals surface area contributed by atoms with Crippen LogP contribution in [0.2, 0.25) is 0 Å². The van der Waals surface area contributed by atoms with Gasteiger partial charge in [0.2, 0.25) is 0 Å². The Balaban J connectivity index is 1.84. The lowest BCUT2D eigenvalue weighted by Crippen LogP contribution is -2.19. The molecule has 0 unspecified atom stereocenters. The Morgan fingerprint density at radius 1 is 1.00 bits per heavy atom. The Kier molecular flexibility index (Phi) is 3.83. The van der Waals surface area contributed by atoms with Gasteiger partial charge in [0.1, 0.15) is 0 Å². The molecule has 2 N–H and O–H groups in total. The van der Waals surface area contributed by atoms with Crippen LogP contribution in [0.3, 0.4) is 0 Å². The highest BCUT2D eigenvalue weighted by Crippen LogP contribution is 2.26. The summed E-state index contributed by atoms with van der Waals surface area (Å²) in [7, 11) is 0. The number of aromatic nitrogens is 1. The number of fused-ring (bicyclic) bond motifs is 1. The topological polar surface area (TPSA) is 46.1 Å². The number of carbonyl (C=O) groups is 1. The van der Waals surface area contributed by atoms with E-state index in [2.05, 4.69) is 28.2 Å². The van der Waals surface area contributed by atoms with Gasteiger partial charge in [0.25, 0.3) is 0 Å². The van der Waals surface area contributed by atoms with Gasteiger partial charge in [-0.25, -0.2) is 4.79 Å². The van der Waals surface area contributed by atoms with Crippen LogP contribution in [0.5, 0.6) is 0 Å². The van der Waals surface area contributed by atoms with Crippen molar-refractivity contribution in [2.75, 3.05) is 10.6 Å². The molecule has 0 aliphatic heterocycles. The van der Waals surface area contributed by atoms with Crippen LogP contribution in [-0.2, 0) is 6.54 Å². The maximum absolute atomic E-state index is 12.2. The third kappa shape index (κ3) is 2.68. The second kappa shape index (κ2) is 5.93. The molecule has 2 aromatic carbocycles. The Hall–Kier alpha value is -2.75. The van der Waals surface area contributed by atoms with Crippen LogP contribution in [0.1, 0.15) is 12.5 Å². The number of rotatable bonds is 3. The van der Waals surface area contributed by atoms with Crippen LogP contribution in [-0.4, -0.2) is 10.6 Å². The quantitative estimate of drug-likeness (QED) is 0.727. The number of benzene rings is 2. The fourth-order valence-corrected chi connectivity index (χ4v) is 2.60. The van der Waals surface area contributed by atoms with Crippen LogP contribution >= 0.6 is 0 Å². The molecule has 0 radical (unpaired) electrons. The number of nitrogens with zero attached hydrogens (tertiary/aromatic N) is 1. The highest BCUT2D eigenvalue weighted by atomic mass is 16.2. The molecule has 3 aromatic rings. The number of amides is 2. The second-order valence-electron chi connectivity index (χ2n) is 5.24. The van der Waals surface area contributed by atoms with E-state index < -0.39 is 0 Å². The molecule has 112 valence electrons. The normalized spacial score (nSPS) is 10.6. The highest BCUT2D eigenvalue weighted by molar-refractivity contribution is 6.06. The number of carbonyl (C=O) groups excluding carboxylic acids is 1. The second-order valence-corrected chi connectivity index (χ2v) is 5.24. The molecular weight excluding hydrogens is 274 g/mol. The van der Waals surface area contributed by atoms with Crippen LogP contribution in [0, 0.1) is 6.92 Å². The molecule has 3 rings (SSSR count). The highest BCUT2D eigenvalue weighted by Gasteiger charge is 2.10. The molecule has 0 spiro atoms. The Morgan fingerprint density at radius 2 is 1.68 bits per heavy atom. The van der Waals surface area contributed by atoms with Crippen LogP contribution in [0.4, 0.5) is 16.2 Å². The number of aryl methyl sites for hydroxylation is 2. The minimum Gasteiger partial charge on any atom is -0.346 e. The molecular formula is C18H19N3O. The van der Waals surface area contributed by atoms with Gasteiger partial charge in [-0.15, -0.1) is 0 Å². The van der Waals surface area contributed by atoms with Crippen molar-refractivity contribution >= 4 is 28.3 Å². The molecule has 1 heterocycles. The molecule has 0 aliphatic rings. The molecule has 4 heteroatoms. The predicted octanol–water partition coefficient (Wildman–Crippen LogP) is 4.61. The summed E-state index contributed by atoms with van der Waals surface area (Å²) >= 11 is 0. The molecule has 4 nitrogen and oxygen atoms in total. The third-order valence-corrected chi connectivity index (χ3v) is 3.77. The van der Waals surface area contributed by atoms with E-state index in [0.717, 1.165) is 34.4 Å². The van der Waals surface area contributed by atoms with E-state index >= 15 is 0 Å². The average Bonchev–Trinajstić information content (AvgIpc) is 2.88. The molecule has 0 atom stereocenters. The molecule has 2 amide bonds. The number of urea groups is 1. The summed E-state index contributed by atoms with van der Waals surface area (Å²) < 4.78 is 2.12. The maximum Gasteiger partial charge on any atom is 0.323 e. The zero-order chi connectivity index (χ0) is 15.5. The lowest BCUT2D eigenvalue weighted by atomic mass is 10.2. The van der Waals surface area contributed by atoms with Gasteiger partial charge in [-0.05, 0) is 31.5 Å². The zero-order valence-corrected chi connectivity index (χ0v) is 12.8. The summed E-state index contributed by atoms with van der Waals surface area (Å²) in [6.45, 7) is 4.92. The molecule has 0 fully saturated rings. The lowest BCUT2D eigenvalue weighted by Gasteiger charge is -2.09. The van der Waals surface area contributed by atoms with E-state index in [-0.39, 0.29) is 6.03 Å². The fourth-order valence-electron chi connectivity index (χ4n) is 2.60. The first-order valence-corrected chi connectivity index (χ1v) is 7.40. The first kappa shape index (κ1) is 14.2. The van der Waals surface area contributed by atoms with Crippen LogP contribution in [0.15, 0.2) is 54.7 Å². The molecule has 22 heavy (non-hydrogen) atoms. The molecule has 1 aromatic heterocycles. The first-order chi connectivity index (χ1) is 10.7. The first-order valence-electron chi connectivity index (χ1n) is 7.40. The van der Waals surface area contributed by atoms with Crippen molar-refractivity contribution in [1.29, 1.82) is 0 Å². The van der Waals surface area contributed by atoms with Gasteiger partial charge in [-0.3, -0.25) is 0 Å². The van der Waals surface area contributed by atoms with Crippen molar-refractivity contribution in [3.63, 3.8) is 0 Å². The van der Waals surface area contributed by atoms with Crippen molar-refractivity contribution in [1.82, 2.24) is 4.57 Å². The molecule has 0 saturated heterocycles. The van der Waals surface area contributed by atoms with E-state index in [1.165, 1.54) is 0 Å². The smallest absolute Gasteiger partial charge is 0.323 e. The van der Waals surface area contributed by atoms with E-state index in [4.69, 9.17) is 0 Å². The molecule has 0 saturated carbocycles. The minimum absolute atomic E-state index is 0.228. The third-order valence-electron chi connectivity index (χ3n) is 3.77. The predicted molar refractivity (Wildman–Crippen MR) is 91.4 cm³/mol. The van der Waals surface area contributed by atoms with E-state index in [9.17, 15) is 4.79 Å². The Bertz CT molecular complexity index is 820. The number of para-hydroxylation sites is 2. The summed E-state index contributed by atoms with van der Waals surface area (Å²) in [5, 5.41) is 6.88. The SMILES string of the molecule is CCn1cc(NC(=O)Nc2ccccc2C)c2ccccc21. The van der Waals surface area contributed by atoms with E-state index in [1.807, 2.05) is 55.6 Å². The van der Waals surface area contributed by atoms with Gasteiger partial charge in [-0.1, -0.05) is 36.4 Å². The van der Waals surface area contributed by atoms with E-state index in [0.29, 0.717) is 0 Å². The van der Waals surface area contributed by atoms with Gasteiger partial charge in [0.15, 0.2) is 0 Å². The fraction of sp³-hybridized carbons (Fsp3) is 0.167. The van der Waals surface area contributed by atoms with Gasteiger partial charge < -0.3 is 15.2 Å².